The van der Waals surface area contributed by atoms with Crippen molar-refractivity contribution in [1.82, 2.24) is 25.3 Å². The number of ether oxygens (including phenoxy) is 1. The van der Waals surface area contributed by atoms with Crippen LogP contribution in [0, 0.1) is 6.92 Å². The molecule has 2 N–H and O–H groups in total. The SMILES string of the molecule is Cc1nc(CN2CCCC(NCC(O)CN3CCOCC3)C2)no1. The highest BCUT2D eigenvalue weighted by molar-refractivity contribution is 4.87. The number of hydrogen-bond acceptors (Lipinski definition) is 8. The Bertz CT molecular complexity index is 492. The Morgan fingerprint density at radius 2 is 2.12 bits per heavy atom. The van der Waals surface area contributed by atoms with Crippen molar-refractivity contribution in [1.29, 1.82) is 0 Å². The minimum atomic E-state index is -0.335. The minimum Gasteiger partial charge on any atom is -0.390 e. The number of aliphatic hydroxyl groups is 1. The Kier molecular flexibility index (Phi) is 6.56. The molecule has 0 radical (unpaired) electrons. The molecule has 0 amide bonds. The predicted octanol–water partition coefficient (Wildman–Crippen LogP) is -0.375. The molecule has 8 heteroatoms. The second kappa shape index (κ2) is 8.87. The van der Waals surface area contributed by atoms with Crippen molar-refractivity contribution in [3.63, 3.8) is 0 Å². The van der Waals surface area contributed by atoms with E-state index in [0.29, 0.717) is 18.5 Å². The lowest BCUT2D eigenvalue weighted by Crippen LogP contribution is -2.49. The number of β-amino-alcohol motifs (C(OH)–C–C–N with tert-alkyl or cyclic N) is 1. The number of nitrogens with zero attached hydrogens (tertiary/aromatic N) is 4. The van der Waals surface area contributed by atoms with E-state index in [1.165, 1.54) is 0 Å². The molecule has 8 nitrogen and oxygen atoms in total. The first-order valence-electron chi connectivity index (χ1n) is 8.92. The molecular formula is C16H29N5O3. The fourth-order valence-electron chi connectivity index (χ4n) is 3.42. The summed E-state index contributed by atoms with van der Waals surface area (Å²) in [6.07, 6.45) is 1.96. The summed E-state index contributed by atoms with van der Waals surface area (Å²) in [5.41, 5.74) is 0. The van der Waals surface area contributed by atoms with Crippen molar-refractivity contribution in [2.75, 3.05) is 52.5 Å². The molecule has 3 heterocycles. The zero-order chi connectivity index (χ0) is 16.8. The lowest BCUT2D eigenvalue weighted by molar-refractivity contribution is 0.0139. The first kappa shape index (κ1) is 17.8. The zero-order valence-corrected chi connectivity index (χ0v) is 14.5. The van der Waals surface area contributed by atoms with E-state index >= 15 is 0 Å². The van der Waals surface area contributed by atoms with Crippen molar-refractivity contribution in [2.45, 2.75) is 38.5 Å². The Morgan fingerprint density at radius 1 is 1.29 bits per heavy atom. The van der Waals surface area contributed by atoms with Gasteiger partial charge in [0.2, 0.25) is 5.89 Å². The molecule has 2 unspecified atom stereocenters. The van der Waals surface area contributed by atoms with Crippen molar-refractivity contribution >= 4 is 0 Å². The monoisotopic (exact) mass is 339 g/mol. The van der Waals surface area contributed by atoms with Gasteiger partial charge in [0.25, 0.3) is 0 Å². The minimum absolute atomic E-state index is 0.335. The number of piperidine rings is 1. The predicted molar refractivity (Wildman–Crippen MR) is 88.6 cm³/mol. The van der Waals surface area contributed by atoms with E-state index in [4.69, 9.17) is 9.26 Å². The molecule has 1 aromatic heterocycles. The van der Waals surface area contributed by atoms with Gasteiger partial charge in [-0.1, -0.05) is 5.16 Å². The highest BCUT2D eigenvalue weighted by atomic mass is 16.5. The van der Waals surface area contributed by atoms with Crippen molar-refractivity contribution in [2.24, 2.45) is 0 Å². The quantitative estimate of drug-likeness (QED) is 0.696. The summed E-state index contributed by atoms with van der Waals surface area (Å²) in [4.78, 5) is 8.89. The second-order valence-electron chi connectivity index (χ2n) is 6.78. The van der Waals surface area contributed by atoms with Gasteiger partial charge in [-0.15, -0.1) is 0 Å². The average molecular weight is 339 g/mol. The number of hydrogen-bond donors (Lipinski definition) is 2. The molecule has 0 saturated carbocycles. The van der Waals surface area contributed by atoms with Crippen LogP contribution in [0.2, 0.25) is 0 Å². The maximum atomic E-state index is 10.2. The number of likely N-dealkylation sites (tertiary alicyclic amines) is 1. The third-order valence-corrected chi connectivity index (χ3v) is 4.65. The summed E-state index contributed by atoms with van der Waals surface area (Å²) < 4.78 is 10.4. The van der Waals surface area contributed by atoms with Crippen molar-refractivity contribution < 1.29 is 14.4 Å². The zero-order valence-electron chi connectivity index (χ0n) is 14.5. The van der Waals surface area contributed by atoms with E-state index in [2.05, 4.69) is 25.3 Å². The van der Waals surface area contributed by atoms with Gasteiger partial charge in [0.1, 0.15) is 0 Å². The second-order valence-corrected chi connectivity index (χ2v) is 6.78. The van der Waals surface area contributed by atoms with Gasteiger partial charge in [-0.2, -0.15) is 4.98 Å². The number of morpholine rings is 1. The number of nitrogens with one attached hydrogen (secondary N) is 1. The topological polar surface area (TPSA) is 86.9 Å². The van der Waals surface area contributed by atoms with Gasteiger partial charge in [0.15, 0.2) is 5.82 Å². The lowest BCUT2D eigenvalue weighted by Gasteiger charge is -2.33. The van der Waals surface area contributed by atoms with E-state index in [-0.39, 0.29) is 6.10 Å². The van der Waals surface area contributed by atoms with Crippen LogP contribution in [0.1, 0.15) is 24.6 Å². The molecular weight excluding hydrogens is 310 g/mol. The number of aliphatic hydroxyl groups excluding tert-OH is 1. The van der Waals surface area contributed by atoms with Crippen LogP contribution in [-0.4, -0.2) is 89.7 Å². The molecule has 24 heavy (non-hydrogen) atoms. The number of aryl methyl sites for hydroxylation is 1. The van der Waals surface area contributed by atoms with Crippen LogP contribution in [-0.2, 0) is 11.3 Å². The lowest BCUT2D eigenvalue weighted by atomic mass is 10.1. The van der Waals surface area contributed by atoms with Crippen molar-refractivity contribution in [3.8, 4) is 0 Å². The third kappa shape index (κ3) is 5.49. The molecule has 2 aliphatic rings. The van der Waals surface area contributed by atoms with E-state index in [9.17, 15) is 5.11 Å². The van der Waals surface area contributed by atoms with Crippen LogP contribution >= 0.6 is 0 Å². The van der Waals surface area contributed by atoms with Crippen molar-refractivity contribution in [3.05, 3.63) is 11.7 Å². The summed E-state index contributed by atoms with van der Waals surface area (Å²) in [7, 11) is 0. The molecule has 2 aliphatic heterocycles. The fraction of sp³-hybridized carbons (Fsp3) is 0.875. The van der Waals surface area contributed by atoms with Crippen LogP contribution in [0.15, 0.2) is 4.52 Å². The van der Waals surface area contributed by atoms with Gasteiger partial charge < -0.3 is 19.7 Å². The fourth-order valence-corrected chi connectivity index (χ4v) is 3.42. The first-order valence-corrected chi connectivity index (χ1v) is 8.92. The summed E-state index contributed by atoms with van der Waals surface area (Å²) in [6.45, 7) is 9.28. The smallest absolute Gasteiger partial charge is 0.223 e. The molecule has 0 aliphatic carbocycles. The van der Waals surface area contributed by atoms with Gasteiger partial charge in [0, 0.05) is 45.7 Å². The molecule has 2 atom stereocenters. The molecule has 0 bridgehead atoms. The van der Waals surface area contributed by atoms with E-state index in [1.54, 1.807) is 0 Å². The van der Waals surface area contributed by atoms with Gasteiger partial charge in [-0.25, -0.2) is 0 Å². The van der Waals surface area contributed by atoms with E-state index < -0.39 is 0 Å². The molecule has 2 saturated heterocycles. The standard InChI is InChI=1S/C16H29N5O3/c1-13-18-16(19-24-13)12-21-4-2-3-14(10-21)17-9-15(22)11-20-5-7-23-8-6-20/h14-15,17,22H,2-12H2,1H3. The Hall–Kier alpha value is -1.06. The third-order valence-electron chi connectivity index (χ3n) is 4.65. The van der Waals surface area contributed by atoms with E-state index in [1.807, 2.05) is 6.92 Å². The summed E-state index contributed by atoms with van der Waals surface area (Å²) in [6, 6.07) is 0.408. The summed E-state index contributed by atoms with van der Waals surface area (Å²) in [5, 5.41) is 17.7. The first-order chi connectivity index (χ1) is 11.7. The molecule has 3 rings (SSSR count). The molecule has 2 fully saturated rings. The Balaban J connectivity index is 1.37. The molecule has 1 aromatic rings. The highest BCUT2D eigenvalue weighted by Gasteiger charge is 2.22. The summed E-state index contributed by atoms with van der Waals surface area (Å²) in [5.74, 6) is 1.36. The van der Waals surface area contributed by atoms with Crippen LogP contribution in [0.25, 0.3) is 0 Å². The normalized spacial score (nSPS) is 25.0. The van der Waals surface area contributed by atoms with Crippen LogP contribution in [0.3, 0.4) is 0 Å². The number of rotatable bonds is 7. The largest absolute Gasteiger partial charge is 0.390 e. The van der Waals surface area contributed by atoms with Crippen LogP contribution < -0.4 is 5.32 Å². The van der Waals surface area contributed by atoms with Crippen LogP contribution in [0.4, 0.5) is 0 Å². The molecule has 0 spiro atoms. The maximum Gasteiger partial charge on any atom is 0.223 e. The Labute approximate surface area is 143 Å². The maximum absolute atomic E-state index is 10.2. The Morgan fingerprint density at radius 3 is 2.88 bits per heavy atom. The van der Waals surface area contributed by atoms with Gasteiger partial charge in [0.05, 0.1) is 25.9 Å². The van der Waals surface area contributed by atoms with Gasteiger partial charge in [-0.05, 0) is 19.4 Å². The van der Waals surface area contributed by atoms with Crippen LogP contribution in [0.5, 0.6) is 0 Å². The average Bonchev–Trinajstić information content (AvgIpc) is 2.99. The van der Waals surface area contributed by atoms with Gasteiger partial charge in [-0.3, -0.25) is 9.80 Å². The molecule has 136 valence electrons. The van der Waals surface area contributed by atoms with Gasteiger partial charge >= 0.3 is 0 Å². The van der Waals surface area contributed by atoms with E-state index in [0.717, 1.165) is 71.1 Å². The summed E-state index contributed by atoms with van der Waals surface area (Å²) >= 11 is 0. The molecule has 0 aromatic carbocycles. The number of aromatic nitrogens is 2. The highest BCUT2D eigenvalue weighted by Crippen LogP contribution is 2.12.